The minimum atomic E-state index is 0.720. The largest absolute Gasteiger partial charge is 0.493 e. The van der Waals surface area contributed by atoms with Crippen LogP contribution in [0.4, 0.5) is 0 Å². The Morgan fingerprint density at radius 3 is 2.63 bits per heavy atom. The van der Waals surface area contributed by atoms with E-state index in [0.717, 1.165) is 41.4 Å². The lowest BCUT2D eigenvalue weighted by molar-refractivity contribution is 0.348. The van der Waals surface area contributed by atoms with E-state index in [1.165, 1.54) is 24.0 Å². The van der Waals surface area contributed by atoms with Crippen LogP contribution < -0.4 is 14.8 Å². The summed E-state index contributed by atoms with van der Waals surface area (Å²) in [4.78, 5) is 0. The van der Waals surface area contributed by atoms with Gasteiger partial charge in [0, 0.05) is 0 Å². The van der Waals surface area contributed by atoms with Crippen LogP contribution in [0.15, 0.2) is 10.5 Å². The third-order valence-corrected chi connectivity index (χ3v) is 4.45. The van der Waals surface area contributed by atoms with E-state index in [-0.39, 0.29) is 0 Å². The number of piperidine rings is 1. The lowest BCUT2D eigenvalue weighted by atomic mass is 9.90. The maximum absolute atomic E-state index is 5.51. The molecule has 1 aliphatic heterocycles. The van der Waals surface area contributed by atoms with Gasteiger partial charge in [-0.05, 0) is 78.3 Å². The van der Waals surface area contributed by atoms with Gasteiger partial charge in [0.2, 0.25) is 0 Å². The van der Waals surface area contributed by atoms with Crippen LogP contribution in [-0.4, -0.2) is 27.3 Å². The highest BCUT2D eigenvalue weighted by Gasteiger charge is 2.19. The zero-order valence-corrected chi connectivity index (χ0v) is 13.5. The van der Waals surface area contributed by atoms with Gasteiger partial charge in [-0.2, -0.15) is 0 Å². The molecule has 1 aliphatic rings. The first-order valence-corrected chi connectivity index (χ1v) is 7.57. The molecule has 0 radical (unpaired) electrons. The summed E-state index contributed by atoms with van der Waals surface area (Å²) < 4.78 is 11.9. The summed E-state index contributed by atoms with van der Waals surface area (Å²) in [5, 5.41) is 3.47. The quantitative estimate of drug-likeness (QED) is 0.920. The molecule has 19 heavy (non-hydrogen) atoms. The summed E-state index contributed by atoms with van der Waals surface area (Å²) in [6.07, 6.45) is 3.67. The molecule has 1 N–H and O–H groups in total. The topological polar surface area (TPSA) is 30.5 Å². The standard InChI is InChI=1S/C15H22BrNO2/c1-10-12(7-11-5-4-6-17-9-11)8-13(16)15(19-3)14(10)18-2/h8,11,17H,4-7,9H2,1-3H3. The molecule has 1 fully saturated rings. The van der Waals surface area contributed by atoms with Gasteiger partial charge < -0.3 is 14.8 Å². The van der Waals surface area contributed by atoms with E-state index >= 15 is 0 Å². The smallest absolute Gasteiger partial charge is 0.175 e. The molecule has 0 aliphatic carbocycles. The molecule has 3 nitrogen and oxygen atoms in total. The van der Waals surface area contributed by atoms with Crippen molar-refractivity contribution in [3.8, 4) is 11.5 Å². The van der Waals surface area contributed by atoms with Crippen molar-refractivity contribution in [2.75, 3.05) is 27.3 Å². The minimum absolute atomic E-state index is 0.720. The number of nitrogens with one attached hydrogen (secondary N) is 1. The molecule has 1 saturated heterocycles. The lowest BCUT2D eigenvalue weighted by Gasteiger charge is -2.24. The highest BCUT2D eigenvalue weighted by atomic mass is 79.9. The van der Waals surface area contributed by atoms with Gasteiger partial charge in [0.05, 0.1) is 18.7 Å². The van der Waals surface area contributed by atoms with Crippen molar-refractivity contribution in [1.29, 1.82) is 0 Å². The van der Waals surface area contributed by atoms with Crippen LogP contribution in [0.5, 0.6) is 11.5 Å². The molecule has 0 spiro atoms. The second kappa shape index (κ2) is 6.62. The van der Waals surface area contributed by atoms with Crippen molar-refractivity contribution in [3.63, 3.8) is 0 Å². The van der Waals surface area contributed by atoms with E-state index in [1.807, 2.05) is 0 Å². The first kappa shape index (κ1) is 14.7. The summed E-state index contributed by atoms with van der Waals surface area (Å²) in [6, 6.07) is 2.17. The molecule has 0 bridgehead atoms. The molecule has 2 rings (SSSR count). The van der Waals surface area contributed by atoms with Gasteiger partial charge in [-0.3, -0.25) is 0 Å². The number of hydrogen-bond acceptors (Lipinski definition) is 3. The van der Waals surface area contributed by atoms with Crippen LogP contribution in [-0.2, 0) is 6.42 Å². The second-order valence-corrected chi connectivity index (χ2v) is 5.98. The Kier molecular flexibility index (Phi) is 5.11. The molecule has 0 amide bonds. The van der Waals surface area contributed by atoms with Gasteiger partial charge in [0.25, 0.3) is 0 Å². The molecule has 1 unspecified atom stereocenters. The molecule has 106 valence electrons. The molecule has 0 saturated carbocycles. The predicted octanol–water partition coefficient (Wildman–Crippen LogP) is 3.32. The highest BCUT2D eigenvalue weighted by Crippen LogP contribution is 2.40. The van der Waals surface area contributed by atoms with Gasteiger partial charge in [-0.1, -0.05) is 0 Å². The summed E-state index contributed by atoms with van der Waals surface area (Å²) >= 11 is 3.58. The number of methoxy groups -OCH3 is 2. The fourth-order valence-corrected chi connectivity index (χ4v) is 3.43. The van der Waals surface area contributed by atoms with Crippen molar-refractivity contribution >= 4 is 15.9 Å². The van der Waals surface area contributed by atoms with E-state index in [4.69, 9.17) is 9.47 Å². The number of benzene rings is 1. The van der Waals surface area contributed by atoms with Gasteiger partial charge >= 0.3 is 0 Å². The maximum Gasteiger partial charge on any atom is 0.175 e. The molecule has 4 heteroatoms. The molecule has 0 aromatic heterocycles. The van der Waals surface area contributed by atoms with E-state index < -0.39 is 0 Å². The summed E-state index contributed by atoms with van der Waals surface area (Å²) in [6.45, 7) is 4.38. The molecule has 1 aromatic rings. The van der Waals surface area contributed by atoms with E-state index in [2.05, 4.69) is 34.2 Å². The Morgan fingerprint density at radius 2 is 2.05 bits per heavy atom. The average molecular weight is 328 g/mol. The fourth-order valence-electron chi connectivity index (χ4n) is 2.81. The predicted molar refractivity (Wildman–Crippen MR) is 81.3 cm³/mol. The second-order valence-electron chi connectivity index (χ2n) is 5.13. The molecule has 1 aromatic carbocycles. The SMILES string of the molecule is COc1c(Br)cc(CC2CCCNC2)c(C)c1OC. The van der Waals surface area contributed by atoms with E-state index in [1.54, 1.807) is 14.2 Å². The Bertz CT molecular complexity index is 442. The average Bonchev–Trinajstić information content (AvgIpc) is 2.43. The monoisotopic (exact) mass is 327 g/mol. The Morgan fingerprint density at radius 1 is 1.32 bits per heavy atom. The van der Waals surface area contributed by atoms with Crippen LogP contribution in [0, 0.1) is 12.8 Å². The zero-order chi connectivity index (χ0) is 13.8. The Balaban J connectivity index is 2.27. The Labute approximate surface area is 123 Å². The van der Waals surface area contributed by atoms with Crippen molar-refractivity contribution in [2.45, 2.75) is 26.2 Å². The third kappa shape index (κ3) is 3.23. The summed E-state index contributed by atoms with van der Waals surface area (Å²) in [5.41, 5.74) is 2.53. The van der Waals surface area contributed by atoms with Crippen LogP contribution in [0.25, 0.3) is 0 Å². The number of hydrogen-bond donors (Lipinski definition) is 1. The fraction of sp³-hybridized carbons (Fsp3) is 0.600. The number of halogens is 1. The zero-order valence-electron chi connectivity index (χ0n) is 11.9. The van der Waals surface area contributed by atoms with Gasteiger partial charge in [0.15, 0.2) is 11.5 Å². The first-order valence-electron chi connectivity index (χ1n) is 6.78. The third-order valence-electron chi connectivity index (χ3n) is 3.86. The van der Waals surface area contributed by atoms with Crippen LogP contribution in [0.2, 0.25) is 0 Å². The maximum atomic E-state index is 5.51. The summed E-state index contributed by atoms with van der Waals surface area (Å²) in [7, 11) is 3.37. The van der Waals surface area contributed by atoms with Crippen LogP contribution in [0.3, 0.4) is 0 Å². The minimum Gasteiger partial charge on any atom is -0.493 e. The van der Waals surface area contributed by atoms with E-state index in [9.17, 15) is 0 Å². The lowest BCUT2D eigenvalue weighted by Crippen LogP contribution is -2.31. The molecule has 1 atom stereocenters. The van der Waals surface area contributed by atoms with Crippen molar-refractivity contribution in [3.05, 3.63) is 21.7 Å². The van der Waals surface area contributed by atoms with Crippen molar-refractivity contribution < 1.29 is 9.47 Å². The molecular weight excluding hydrogens is 306 g/mol. The van der Waals surface area contributed by atoms with Crippen molar-refractivity contribution in [2.24, 2.45) is 5.92 Å². The number of rotatable bonds is 4. The molecular formula is C15H22BrNO2. The molecule has 1 heterocycles. The van der Waals surface area contributed by atoms with Crippen LogP contribution in [0.1, 0.15) is 24.0 Å². The number of ether oxygens (including phenoxy) is 2. The van der Waals surface area contributed by atoms with Gasteiger partial charge in [-0.15, -0.1) is 0 Å². The first-order chi connectivity index (χ1) is 9.17. The van der Waals surface area contributed by atoms with Gasteiger partial charge in [0.1, 0.15) is 0 Å². The normalized spacial score (nSPS) is 19.3. The van der Waals surface area contributed by atoms with Crippen LogP contribution >= 0.6 is 15.9 Å². The van der Waals surface area contributed by atoms with E-state index in [0.29, 0.717) is 0 Å². The van der Waals surface area contributed by atoms with Gasteiger partial charge in [-0.25, -0.2) is 0 Å². The highest BCUT2D eigenvalue weighted by molar-refractivity contribution is 9.10. The van der Waals surface area contributed by atoms with Crippen molar-refractivity contribution in [1.82, 2.24) is 5.32 Å². The Hall–Kier alpha value is -0.740. The summed E-state index contributed by atoms with van der Waals surface area (Å²) in [5.74, 6) is 2.35.